The Morgan fingerprint density at radius 2 is 2.10 bits per heavy atom. The molecule has 0 saturated carbocycles. The highest BCUT2D eigenvalue weighted by molar-refractivity contribution is 9.10. The van der Waals surface area contributed by atoms with Crippen LogP contribution in [0.25, 0.3) is 0 Å². The first-order valence-corrected chi connectivity index (χ1v) is 6.81. The van der Waals surface area contributed by atoms with Gasteiger partial charge >= 0.3 is 5.97 Å². The van der Waals surface area contributed by atoms with Crippen molar-refractivity contribution in [3.8, 4) is 0 Å². The minimum Gasteiger partial charge on any atom is -0.481 e. The van der Waals surface area contributed by atoms with Gasteiger partial charge in [0.1, 0.15) is 0 Å². The van der Waals surface area contributed by atoms with E-state index >= 15 is 0 Å². The molecule has 1 aliphatic rings. The number of anilines is 1. The van der Waals surface area contributed by atoms with Crippen molar-refractivity contribution in [1.82, 2.24) is 4.90 Å². The summed E-state index contributed by atoms with van der Waals surface area (Å²) in [5.74, 6) is -2.39. The maximum atomic E-state index is 11.9. The predicted octanol–water partition coefficient (Wildman–Crippen LogP) is 1.32. The van der Waals surface area contributed by atoms with Crippen molar-refractivity contribution in [2.45, 2.75) is 6.42 Å². The van der Waals surface area contributed by atoms with Gasteiger partial charge in [0.05, 0.1) is 18.2 Å². The molecule has 1 saturated heterocycles. The Hall–Kier alpha value is -1.89. The number of carbonyl (C=O) groups excluding carboxylic acids is 2. The number of likely N-dealkylation sites (tertiary alicyclic amines) is 1. The van der Waals surface area contributed by atoms with Crippen LogP contribution in [0.1, 0.15) is 6.42 Å². The number of hydrogen-bond acceptors (Lipinski definition) is 3. The molecule has 2 rings (SSSR count). The number of rotatable bonds is 4. The van der Waals surface area contributed by atoms with E-state index < -0.39 is 11.9 Å². The molecular weight excluding hydrogens is 328 g/mol. The Morgan fingerprint density at radius 1 is 1.40 bits per heavy atom. The molecule has 7 heteroatoms. The van der Waals surface area contributed by atoms with Crippen LogP contribution in [0.4, 0.5) is 5.69 Å². The van der Waals surface area contributed by atoms with Crippen LogP contribution in [-0.4, -0.2) is 40.9 Å². The third-order valence-electron chi connectivity index (χ3n) is 3.05. The van der Waals surface area contributed by atoms with Crippen LogP contribution >= 0.6 is 15.9 Å². The van der Waals surface area contributed by atoms with Gasteiger partial charge in [0.15, 0.2) is 0 Å². The van der Waals surface area contributed by atoms with Crippen LogP contribution in [-0.2, 0) is 14.4 Å². The van der Waals surface area contributed by atoms with Crippen LogP contribution < -0.4 is 5.32 Å². The first-order valence-electron chi connectivity index (χ1n) is 6.02. The van der Waals surface area contributed by atoms with Crippen LogP contribution in [0.2, 0.25) is 0 Å². The van der Waals surface area contributed by atoms with Crippen molar-refractivity contribution in [3.05, 3.63) is 28.7 Å². The average Bonchev–Trinajstić information content (AvgIpc) is 2.74. The number of para-hydroxylation sites is 1. The number of nitrogens with one attached hydrogen (secondary N) is 1. The van der Waals surface area contributed by atoms with Gasteiger partial charge in [0.2, 0.25) is 11.8 Å². The van der Waals surface area contributed by atoms with E-state index in [1.165, 1.54) is 4.90 Å². The van der Waals surface area contributed by atoms with Gasteiger partial charge in [-0.1, -0.05) is 12.1 Å². The summed E-state index contributed by atoms with van der Waals surface area (Å²) in [6.07, 6.45) is -0.0440. The minimum atomic E-state index is -1.01. The number of benzene rings is 1. The number of hydrogen-bond donors (Lipinski definition) is 2. The summed E-state index contributed by atoms with van der Waals surface area (Å²) in [6.45, 7) is -0.0541. The lowest BCUT2D eigenvalue weighted by molar-refractivity contribution is -0.141. The summed E-state index contributed by atoms with van der Waals surface area (Å²) < 4.78 is 0.740. The first kappa shape index (κ1) is 14.5. The monoisotopic (exact) mass is 340 g/mol. The smallest absolute Gasteiger partial charge is 0.308 e. The molecule has 6 nitrogen and oxygen atoms in total. The van der Waals surface area contributed by atoms with Crippen molar-refractivity contribution in [3.63, 3.8) is 0 Å². The Morgan fingerprint density at radius 3 is 2.70 bits per heavy atom. The molecule has 20 heavy (non-hydrogen) atoms. The summed E-state index contributed by atoms with van der Waals surface area (Å²) in [7, 11) is 0. The largest absolute Gasteiger partial charge is 0.481 e. The van der Waals surface area contributed by atoms with E-state index in [0.29, 0.717) is 5.69 Å². The molecule has 1 atom stereocenters. The molecular formula is C13H13BrN2O4. The minimum absolute atomic E-state index is 0.0440. The SMILES string of the molecule is O=C(CN1CC(C(=O)O)CC1=O)Nc1ccccc1Br. The van der Waals surface area contributed by atoms with Gasteiger partial charge in [0, 0.05) is 17.4 Å². The van der Waals surface area contributed by atoms with Gasteiger partial charge in [-0.25, -0.2) is 0 Å². The van der Waals surface area contributed by atoms with Crippen molar-refractivity contribution in [1.29, 1.82) is 0 Å². The number of carboxylic acids is 1. The van der Waals surface area contributed by atoms with E-state index in [-0.39, 0.29) is 31.3 Å². The molecule has 2 amide bonds. The molecule has 0 spiro atoms. The normalized spacial score (nSPS) is 18.1. The fourth-order valence-corrected chi connectivity index (χ4v) is 2.40. The average molecular weight is 341 g/mol. The maximum absolute atomic E-state index is 11.9. The highest BCUT2D eigenvalue weighted by Gasteiger charge is 2.35. The highest BCUT2D eigenvalue weighted by atomic mass is 79.9. The molecule has 1 aromatic rings. The van der Waals surface area contributed by atoms with E-state index in [1.807, 2.05) is 6.07 Å². The Kier molecular flexibility index (Phi) is 4.39. The number of carboxylic acid groups (broad SMARTS) is 1. The number of carbonyl (C=O) groups is 3. The third-order valence-corrected chi connectivity index (χ3v) is 3.74. The van der Waals surface area contributed by atoms with Crippen LogP contribution in [0.15, 0.2) is 28.7 Å². The van der Waals surface area contributed by atoms with Gasteiger partial charge in [-0.05, 0) is 28.1 Å². The van der Waals surface area contributed by atoms with E-state index in [2.05, 4.69) is 21.2 Å². The van der Waals surface area contributed by atoms with Gasteiger partial charge in [0.25, 0.3) is 0 Å². The molecule has 0 radical (unpaired) electrons. The quantitative estimate of drug-likeness (QED) is 0.865. The molecule has 1 aliphatic heterocycles. The molecule has 1 aromatic carbocycles. The first-order chi connectivity index (χ1) is 9.47. The van der Waals surface area contributed by atoms with E-state index in [1.54, 1.807) is 18.2 Å². The van der Waals surface area contributed by atoms with Crippen LogP contribution in [0.3, 0.4) is 0 Å². The van der Waals surface area contributed by atoms with Gasteiger partial charge in [-0.15, -0.1) is 0 Å². The lowest BCUT2D eigenvalue weighted by Crippen LogP contribution is -2.34. The topological polar surface area (TPSA) is 86.7 Å². The molecule has 1 heterocycles. The zero-order valence-electron chi connectivity index (χ0n) is 10.5. The number of halogens is 1. The zero-order valence-corrected chi connectivity index (χ0v) is 12.1. The second-order valence-electron chi connectivity index (χ2n) is 4.54. The standard InChI is InChI=1S/C13H13BrN2O4/c14-9-3-1-2-4-10(9)15-11(17)7-16-6-8(13(19)20)5-12(16)18/h1-4,8H,5-7H2,(H,15,17)(H,19,20). The number of aliphatic carboxylic acids is 1. The van der Waals surface area contributed by atoms with Gasteiger partial charge < -0.3 is 15.3 Å². The highest BCUT2D eigenvalue weighted by Crippen LogP contribution is 2.22. The Labute approximate surface area is 123 Å². The molecule has 1 fully saturated rings. The van der Waals surface area contributed by atoms with Crippen LogP contribution in [0.5, 0.6) is 0 Å². The molecule has 0 bridgehead atoms. The lowest BCUT2D eigenvalue weighted by Gasteiger charge is -2.16. The molecule has 1 unspecified atom stereocenters. The van der Waals surface area contributed by atoms with Crippen LogP contribution in [0, 0.1) is 5.92 Å². The summed E-state index contributed by atoms with van der Waals surface area (Å²) in [6, 6.07) is 7.12. The third kappa shape index (κ3) is 3.36. The Balaban J connectivity index is 1.94. The van der Waals surface area contributed by atoms with Crippen molar-refractivity contribution < 1.29 is 19.5 Å². The maximum Gasteiger partial charge on any atom is 0.308 e. The van der Waals surface area contributed by atoms with Crippen molar-refractivity contribution in [2.24, 2.45) is 5.92 Å². The summed E-state index contributed by atoms with van der Waals surface area (Å²) in [5, 5.41) is 11.5. The summed E-state index contributed by atoms with van der Waals surface area (Å²) >= 11 is 3.30. The molecule has 0 aliphatic carbocycles. The lowest BCUT2D eigenvalue weighted by atomic mass is 10.1. The fraction of sp³-hybridized carbons (Fsp3) is 0.308. The predicted molar refractivity (Wildman–Crippen MR) is 75.1 cm³/mol. The second-order valence-corrected chi connectivity index (χ2v) is 5.40. The second kappa shape index (κ2) is 6.04. The van der Waals surface area contributed by atoms with E-state index in [0.717, 1.165) is 4.47 Å². The van der Waals surface area contributed by atoms with E-state index in [9.17, 15) is 14.4 Å². The number of nitrogens with zero attached hydrogens (tertiary/aromatic N) is 1. The van der Waals surface area contributed by atoms with Crippen molar-refractivity contribution in [2.75, 3.05) is 18.4 Å². The Bertz CT molecular complexity index is 561. The molecule has 0 aromatic heterocycles. The van der Waals surface area contributed by atoms with Gasteiger partial charge in [-0.3, -0.25) is 14.4 Å². The van der Waals surface area contributed by atoms with E-state index in [4.69, 9.17) is 5.11 Å². The summed E-state index contributed by atoms with van der Waals surface area (Å²) in [5.41, 5.74) is 0.610. The number of amides is 2. The van der Waals surface area contributed by atoms with Crippen molar-refractivity contribution >= 4 is 39.4 Å². The molecule has 106 valence electrons. The zero-order chi connectivity index (χ0) is 14.7. The van der Waals surface area contributed by atoms with Gasteiger partial charge in [-0.2, -0.15) is 0 Å². The molecule has 2 N–H and O–H groups in total. The summed E-state index contributed by atoms with van der Waals surface area (Å²) in [4.78, 5) is 35.6. The fourth-order valence-electron chi connectivity index (χ4n) is 2.02.